The van der Waals surface area contributed by atoms with Crippen LogP contribution >= 0.6 is 11.8 Å². The van der Waals surface area contributed by atoms with Crippen molar-refractivity contribution >= 4 is 46.5 Å². The molecule has 0 unspecified atom stereocenters. The van der Waals surface area contributed by atoms with Crippen LogP contribution < -0.4 is 14.8 Å². The molecule has 3 heterocycles. The van der Waals surface area contributed by atoms with Gasteiger partial charge in [-0.25, -0.2) is 4.79 Å². The Balaban J connectivity index is 1.22. The zero-order valence-electron chi connectivity index (χ0n) is 20.2. The number of hydrogen-bond acceptors (Lipinski definition) is 9. The Morgan fingerprint density at radius 2 is 1.79 bits per heavy atom. The van der Waals surface area contributed by atoms with E-state index in [1.165, 1.54) is 6.08 Å². The molecule has 2 aliphatic heterocycles. The van der Waals surface area contributed by atoms with E-state index in [0.29, 0.717) is 47.5 Å². The number of anilines is 1. The predicted molar refractivity (Wildman–Crippen MR) is 139 cm³/mol. The first-order valence-electron chi connectivity index (χ1n) is 11.7. The minimum atomic E-state index is -0.589. The van der Waals surface area contributed by atoms with Crippen LogP contribution in [0.1, 0.15) is 23.0 Å². The smallest absolute Gasteiger partial charge is 0.338 e. The lowest BCUT2D eigenvalue weighted by atomic mass is 10.1. The van der Waals surface area contributed by atoms with Crippen molar-refractivity contribution in [2.24, 2.45) is 0 Å². The Morgan fingerprint density at radius 3 is 2.55 bits per heavy atom. The summed E-state index contributed by atoms with van der Waals surface area (Å²) in [7, 11) is 0. The molecule has 0 radical (unpaired) electrons. The molecule has 2 aromatic carbocycles. The van der Waals surface area contributed by atoms with E-state index >= 15 is 0 Å². The summed E-state index contributed by atoms with van der Waals surface area (Å²) in [6.45, 7) is 2.45. The monoisotopic (exact) mass is 534 g/mol. The number of benzene rings is 2. The van der Waals surface area contributed by atoms with Crippen molar-refractivity contribution in [3.05, 3.63) is 70.8 Å². The zero-order chi connectivity index (χ0) is 26.6. The van der Waals surface area contributed by atoms with Crippen LogP contribution in [0.5, 0.6) is 11.5 Å². The van der Waals surface area contributed by atoms with E-state index in [1.54, 1.807) is 61.5 Å². The van der Waals surface area contributed by atoms with Gasteiger partial charge in [0, 0.05) is 23.4 Å². The summed E-state index contributed by atoms with van der Waals surface area (Å²) in [5.41, 5.74) is 1.61. The predicted octanol–water partition coefficient (Wildman–Crippen LogP) is 4.57. The maximum Gasteiger partial charge on any atom is 0.338 e. The number of amides is 3. The molecular weight excluding hydrogens is 512 g/mol. The fourth-order valence-electron chi connectivity index (χ4n) is 3.80. The molecule has 5 rings (SSSR count). The van der Waals surface area contributed by atoms with Gasteiger partial charge >= 0.3 is 5.97 Å². The number of carbonyl (C=O) groups excluding carboxylic acids is 4. The number of esters is 1. The lowest BCUT2D eigenvalue weighted by Gasteiger charge is -2.19. The van der Waals surface area contributed by atoms with Crippen molar-refractivity contribution in [2.45, 2.75) is 6.92 Å². The van der Waals surface area contributed by atoms with Crippen molar-refractivity contribution in [3.63, 3.8) is 0 Å². The number of ether oxygens (including phenoxy) is 3. The average Bonchev–Trinajstić information content (AvgIpc) is 3.49. The van der Waals surface area contributed by atoms with Crippen LogP contribution in [0, 0.1) is 0 Å². The summed E-state index contributed by atoms with van der Waals surface area (Å²) in [5, 5.41) is 2.11. The van der Waals surface area contributed by atoms with Gasteiger partial charge in [0.15, 0.2) is 11.5 Å². The molecule has 0 saturated carbocycles. The molecule has 1 fully saturated rings. The first kappa shape index (κ1) is 25.2. The summed E-state index contributed by atoms with van der Waals surface area (Å²) < 4.78 is 21.8. The molecule has 0 aliphatic carbocycles. The molecule has 3 amide bonds. The van der Waals surface area contributed by atoms with Gasteiger partial charge in [0.2, 0.25) is 5.91 Å². The second kappa shape index (κ2) is 10.9. The van der Waals surface area contributed by atoms with Crippen LogP contribution in [-0.4, -0.2) is 54.3 Å². The molecule has 0 spiro atoms. The zero-order valence-corrected chi connectivity index (χ0v) is 21.0. The quantitative estimate of drug-likeness (QED) is 0.343. The fourth-order valence-corrected chi connectivity index (χ4v) is 4.62. The Labute approximate surface area is 221 Å². The lowest BCUT2D eigenvalue weighted by molar-refractivity contribution is -0.127. The summed E-state index contributed by atoms with van der Waals surface area (Å²) in [6.07, 6.45) is 1.46. The van der Waals surface area contributed by atoms with Gasteiger partial charge in [-0.1, -0.05) is 12.1 Å². The first-order valence-corrected chi connectivity index (χ1v) is 12.5. The highest BCUT2D eigenvalue weighted by Crippen LogP contribution is 2.34. The second-order valence-electron chi connectivity index (χ2n) is 8.17. The normalized spacial score (nSPS) is 15.6. The van der Waals surface area contributed by atoms with Crippen LogP contribution in [0.3, 0.4) is 0 Å². The number of carbonyl (C=O) groups is 4. The van der Waals surface area contributed by atoms with Gasteiger partial charge in [-0.3, -0.25) is 19.3 Å². The maximum atomic E-state index is 12.8. The summed E-state index contributed by atoms with van der Waals surface area (Å²) in [5.74, 6) is 0.446. The summed E-state index contributed by atoms with van der Waals surface area (Å²) in [6, 6.07) is 15.1. The van der Waals surface area contributed by atoms with Gasteiger partial charge in [-0.05, 0) is 55.1 Å². The van der Waals surface area contributed by atoms with E-state index in [4.69, 9.17) is 18.6 Å². The van der Waals surface area contributed by atoms with Crippen molar-refractivity contribution in [1.82, 2.24) is 4.90 Å². The number of nitrogens with one attached hydrogen (secondary N) is 1. The van der Waals surface area contributed by atoms with Crippen LogP contribution in [0.15, 0.2) is 63.9 Å². The largest absolute Gasteiger partial charge is 0.486 e. The van der Waals surface area contributed by atoms with Gasteiger partial charge in [0.1, 0.15) is 31.3 Å². The SMILES string of the molecule is CCOC(=O)c1ccc(-c2ccc(/C=C3/SC(=O)N(CC(=O)Nc4ccc5c(c4)OCCO5)C3=O)o2)cc1. The summed E-state index contributed by atoms with van der Waals surface area (Å²) in [4.78, 5) is 50.7. The van der Waals surface area contributed by atoms with E-state index in [-0.39, 0.29) is 11.5 Å². The van der Waals surface area contributed by atoms with Crippen molar-refractivity contribution in [1.29, 1.82) is 0 Å². The number of nitrogens with zero attached hydrogens (tertiary/aromatic N) is 1. The third-order valence-electron chi connectivity index (χ3n) is 5.58. The minimum Gasteiger partial charge on any atom is -0.486 e. The Bertz CT molecular complexity index is 1440. The molecule has 3 aromatic rings. The summed E-state index contributed by atoms with van der Waals surface area (Å²) >= 11 is 0.729. The number of imide groups is 1. The highest BCUT2D eigenvalue weighted by Gasteiger charge is 2.36. The van der Waals surface area contributed by atoms with Crippen LogP contribution in [0.4, 0.5) is 10.5 Å². The van der Waals surface area contributed by atoms with E-state index in [0.717, 1.165) is 22.2 Å². The van der Waals surface area contributed by atoms with E-state index < -0.39 is 29.6 Å². The first-order chi connectivity index (χ1) is 18.4. The molecule has 0 bridgehead atoms. The number of rotatable bonds is 7. The molecular formula is C27H22N2O8S. The Morgan fingerprint density at radius 1 is 1.03 bits per heavy atom. The standard InChI is InChI=1S/C27H22N2O8S/c1-2-34-26(32)17-5-3-16(4-6-17)20-10-8-19(37-20)14-23-25(31)29(27(33)38-23)15-24(30)28-18-7-9-21-22(13-18)36-12-11-35-21/h3-10,13-14H,2,11-12,15H2,1H3,(H,28,30)/b23-14+. The van der Waals surface area contributed by atoms with Gasteiger partial charge < -0.3 is 23.9 Å². The maximum absolute atomic E-state index is 12.8. The third-order valence-corrected chi connectivity index (χ3v) is 6.49. The van der Waals surface area contributed by atoms with Gasteiger partial charge in [0.05, 0.1) is 17.1 Å². The van der Waals surface area contributed by atoms with Crippen LogP contribution in [0.25, 0.3) is 17.4 Å². The Hall–Kier alpha value is -4.51. The molecule has 11 heteroatoms. The molecule has 0 atom stereocenters. The highest BCUT2D eigenvalue weighted by atomic mass is 32.2. The number of hydrogen-bond donors (Lipinski definition) is 1. The van der Waals surface area contributed by atoms with Crippen molar-refractivity contribution in [2.75, 3.05) is 31.7 Å². The lowest BCUT2D eigenvalue weighted by Crippen LogP contribution is -2.36. The molecule has 38 heavy (non-hydrogen) atoms. The average molecular weight is 535 g/mol. The van der Waals surface area contributed by atoms with Gasteiger partial charge in [-0.2, -0.15) is 0 Å². The number of furan rings is 1. The van der Waals surface area contributed by atoms with Gasteiger partial charge in [0.25, 0.3) is 11.1 Å². The molecule has 2 aliphatic rings. The number of fused-ring (bicyclic) bond motifs is 1. The van der Waals surface area contributed by atoms with E-state index in [1.807, 2.05) is 0 Å². The highest BCUT2D eigenvalue weighted by molar-refractivity contribution is 8.18. The minimum absolute atomic E-state index is 0.140. The molecule has 1 N–H and O–H groups in total. The van der Waals surface area contributed by atoms with E-state index in [2.05, 4.69) is 5.32 Å². The van der Waals surface area contributed by atoms with Crippen LogP contribution in [-0.2, 0) is 14.3 Å². The van der Waals surface area contributed by atoms with E-state index in [9.17, 15) is 19.2 Å². The Kier molecular flexibility index (Phi) is 7.18. The van der Waals surface area contributed by atoms with Crippen molar-refractivity contribution < 1.29 is 37.8 Å². The molecule has 10 nitrogen and oxygen atoms in total. The number of thioether (sulfide) groups is 1. The van der Waals surface area contributed by atoms with Crippen LogP contribution in [0.2, 0.25) is 0 Å². The molecule has 1 aromatic heterocycles. The van der Waals surface area contributed by atoms with Gasteiger partial charge in [-0.15, -0.1) is 0 Å². The molecule has 194 valence electrons. The van der Waals surface area contributed by atoms with Crippen molar-refractivity contribution in [3.8, 4) is 22.8 Å². The second-order valence-corrected chi connectivity index (χ2v) is 9.17. The topological polar surface area (TPSA) is 124 Å². The third kappa shape index (κ3) is 5.42. The fraction of sp³-hybridized carbons (Fsp3) is 0.185. The molecule has 1 saturated heterocycles.